The third-order valence-electron chi connectivity index (χ3n) is 2.36. The number of amides is 2. The van der Waals surface area contributed by atoms with Crippen molar-refractivity contribution in [3.05, 3.63) is 29.8 Å². The lowest BCUT2D eigenvalue weighted by Gasteiger charge is -2.12. The number of carbonyl (C=O) groups excluding carboxylic acids is 1. The first-order valence-corrected chi connectivity index (χ1v) is 5.57. The molecule has 0 aliphatic carbocycles. The number of hydrogen-bond donors (Lipinski definition) is 4. The Balaban J connectivity index is 2.03. The number of urea groups is 1. The molecule has 0 fully saturated rings. The van der Waals surface area contributed by atoms with Crippen LogP contribution < -0.4 is 10.6 Å². The Morgan fingerprint density at radius 3 is 2.90 bits per heavy atom. The van der Waals surface area contributed by atoms with Crippen molar-refractivity contribution in [1.82, 2.24) is 30.9 Å². The van der Waals surface area contributed by atoms with Gasteiger partial charge >= 0.3 is 12.0 Å². The number of H-pyrrole nitrogens is 1. The second kappa shape index (κ2) is 5.73. The Morgan fingerprint density at radius 1 is 1.45 bits per heavy atom. The van der Waals surface area contributed by atoms with E-state index in [0.717, 1.165) is 0 Å². The first-order chi connectivity index (χ1) is 9.58. The van der Waals surface area contributed by atoms with Crippen LogP contribution in [-0.2, 0) is 0 Å². The molecule has 2 aromatic rings. The number of aromatic amines is 1. The standard InChI is InChI=1S/C10H11N7O3/c1-5(8-14-16-17-15-8)12-10(20)13-6-3-2-4-11-7(6)9(18)19/h2-5H,1H3,(H,18,19)(H2,12,13,20)(H,14,15,16,17). The van der Waals surface area contributed by atoms with Crippen LogP contribution >= 0.6 is 0 Å². The van der Waals surface area contributed by atoms with E-state index in [9.17, 15) is 9.59 Å². The highest BCUT2D eigenvalue weighted by Gasteiger charge is 2.16. The van der Waals surface area contributed by atoms with Crippen molar-refractivity contribution in [3.8, 4) is 0 Å². The predicted molar refractivity (Wildman–Crippen MR) is 65.9 cm³/mol. The molecular weight excluding hydrogens is 266 g/mol. The molecule has 2 aromatic heterocycles. The number of carboxylic acids is 1. The molecule has 10 nitrogen and oxygen atoms in total. The summed E-state index contributed by atoms with van der Waals surface area (Å²) in [5.74, 6) is -0.920. The van der Waals surface area contributed by atoms with Crippen LogP contribution in [0.15, 0.2) is 18.3 Å². The van der Waals surface area contributed by atoms with Crippen molar-refractivity contribution in [2.75, 3.05) is 5.32 Å². The van der Waals surface area contributed by atoms with Gasteiger partial charge in [-0.05, 0) is 19.1 Å². The third-order valence-corrected chi connectivity index (χ3v) is 2.36. The van der Waals surface area contributed by atoms with E-state index < -0.39 is 18.0 Å². The van der Waals surface area contributed by atoms with Gasteiger partial charge in [-0.25, -0.2) is 14.6 Å². The number of tetrazole rings is 1. The van der Waals surface area contributed by atoms with E-state index in [0.29, 0.717) is 5.82 Å². The molecule has 2 rings (SSSR count). The largest absolute Gasteiger partial charge is 0.476 e. The summed E-state index contributed by atoms with van der Waals surface area (Å²) in [4.78, 5) is 26.4. The van der Waals surface area contributed by atoms with Gasteiger partial charge in [0, 0.05) is 6.20 Å². The molecule has 2 heterocycles. The summed E-state index contributed by atoms with van der Waals surface area (Å²) >= 11 is 0. The summed E-state index contributed by atoms with van der Waals surface area (Å²) in [5, 5.41) is 27.0. The zero-order chi connectivity index (χ0) is 14.5. The Hall–Kier alpha value is -3.04. The maximum atomic E-state index is 11.8. The van der Waals surface area contributed by atoms with Gasteiger partial charge in [-0.3, -0.25) is 0 Å². The minimum Gasteiger partial charge on any atom is -0.476 e. The second-order valence-corrected chi connectivity index (χ2v) is 3.79. The average Bonchev–Trinajstić information content (AvgIpc) is 2.92. The van der Waals surface area contributed by atoms with Gasteiger partial charge in [0.25, 0.3) is 0 Å². The lowest BCUT2D eigenvalue weighted by Crippen LogP contribution is -2.32. The quantitative estimate of drug-likeness (QED) is 0.623. The van der Waals surface area contributed by atoms with E-state index in [-0.39, 0.29) is 11.4 Å². The smallest absolute Gasteiger partial charge is 0.356 e. The number of pyridine rings is 1. The molecule has 4 N–H and O–H groups in total. The van der Waals surface area contributed by atoms with Crippen molar-refractivity contribution in [1.29, 1.82) is 0 Å². The van der Waals surface area contributed by atoms with Crippen LogP contribution in [0.4, 0.5) is 10.5 Å². The number of rotatable bonds is 4. The van der Waals surface area contributed by atoms with Crippen molar-refractivity contribution in [2.24, 2.45) is 0 Å². The Morgan fingerprint density at radius 2 is 2.25 bits per heavy atom. The Bertz CT molecular complexity index is 613. The fraction of sp³-hybridized carbons (Fsp3) is 0.200. The van der Waals surface area contributed by atoms with Crippen LogP contribution in [-0.4, -0.2) is 42.7 Å². The number of aromatic nitrogens is 5. The molecule has 0 saturated carbocycles. The predicted octanol–water partition coefficient (Wildman–Crippen LogP) is 0.176. The molecule has 1 unspecified atom stereocenters. The minimum atomic E-state index is -1.23. The average molecular weight is 277 g/mol. The van der Waals surface area contributed by atoms with E-state index in [1.807, 2.05) is 0 Å². The summed E-state index contributed by atoms with van der Waals surface area (Å²) in [6, 6.07) is 1.87. The molecular formula is C10H11N7O3. The normalized spacial score (nSPS) is 11.7. The summed E-state index contributed by atoms with van der Waals surface area (Å²) in [7, 11) is 0. The highest BCUT2D eigenvalue weighted by Crippen LogP contribution is 2.12. The maximum absolute atomic E-state index is 11.8. The number of carboxylic acid groups (broad SMARTS) is 1. The molecule has 20 heavy (non-hydrogen) atoms. The summed E-state index contributed by atoms with van der Waals surface area (Å²) in [6.07, 6.45) is 1.33. The molecule has 0 saturated heterocycles. The fourth-order valence-electron chi connectivity index (χ4n) is 1.45. The van der Waals surface area contributed by atoms with Gasteiger partial charge in [-0.2, -0.15) is 5.21 Å². The lowest BCUT2D eigenvalue weighted by molar-refractivity contribution is 0.0691. The fourth-order valence-corrected chi connectivity index (χ4v) is 1.45. The number of hydrogen-bond acceptors (Lipinski definition) is 6. The van der Waals surface area contributed by atoms with E-state index >= 15 is 0 Å². The highest BCUT2D eigenvalue weighted by molar-refractivity contribution is 5.98. The number of aromatic carboxylic acids is 1. The topological polar surface area (TPSA) is 146 Å². The van der Waals surface area contributed by atoms with E-state index in [1.165, 1.54) is 18.3 Å². The van der Waals surface area contributed by atoms with Crippen LogP contribution in [0.2, 0.25) is 0 Å². The minimum absolute atomic E-state index is 0.0952. The van der Waals surface area contributed by atoms with Gasteiger partial charge in [-0.1, -0.05) is 5.21 Å². The van der Waals surface area contributed by atoms with Crippen LogP contribution in [0.25, 0.3) is 0 Å². The molecule has 0 aliphatic rings. The highest BCUT2D eigenvalue weighted by atomic mass is 16.4. The molecule has 0 radical (unpaired) electrons. The van der Waals surface area contributed by atoms with E-state index in [1.54, 1.807) is 6.92 Å². The van der Waals surface area contributed by atoms with Gasteiger partial charge in [-0.15, -0.1) is 10.2 Å². The van der Waals surface area contributed by atoms with E-state index in [4.69, 9.17) is 5.11 Å². The molecule has 0 aromatic carbocycles. The van der Waals surface area contributed by atoms with Crippen LogP contribution in [0.5, 0.6) is 0 Å². The lowest BCUT2D eigenvalue weighted by atomic mass is 10.3. The van der Waals surface area contributed by atoms with Crippen LogP contribution in [0.1, 0.15) is 29.3 Å². The molecule has 1 atom stereocenters. The zero-order valence-corrected chi connectivity index (χ0v) is 10.4. The first kappa shape index (κ1) is 13.4. The molecule has 0 aliphatic heterocycles. The van der Waals surface area contributed by atoms with E-state index in [2.05, 4.69) is 36.2 Å². The van der Waals surface area contributed by atoms with Crippen LogP contribution in [0, 0.1) is 0 Å². The number of nitrogens with zero attached hydrogens (tertiary/aromatic N) is 4. The molecule has 2 amide bonds. The van der Waals surface area contributed by atoms with Crippen molar-refractivity contribution >= 4 is 17.7 Å². The Kier molecular flexibility index (Phi) is 3.84. The van der Waals surface area contributed by atoms with Gasteiger partial charge in [0.1, 0.15) is 0 Å². The summed E-state index contributed by atoms with van der Waals surface area (Å²) in [5.41, 5.74) is -0.146. The molecule has 0 spiro atoms. The van der Waals surface area contributed by atoms with Gasteiger partial charge in [0.2, 0.25) is 0 Å². The van der Waals surface area contributed by atoms with Gasteiger partial charge in [0.15, 0.2) is 11.5 Å². The molecule has 104 valence electrons. The molecule has 0 bridgehead atoms. The number of nitrogens with one attached hydrogen (secondary N) is 3. The second-order valence-electron chi connectivity index (χ2n) is 3.79. The zero-order valence-electron chi connectivity index (χ0n) is 10.4. The summed E-state index contributed by atoms with van der Waals surface area (Å²) < 4.78 is 0. The number of carbonyl (C=O) groups is 2. The maximum Gasteiger partial charge on any atom is 0.356 e. The van der Waals surface area contributed by atoms with Gasteiger partial charge < -0.3 is 15.7 Å². The third kappa shape index (κ3) is 3.04. The monoisotopic (exact) mass is 277 g/mol. The Labute approximate surface area is 112 Å². The number of anilines is 1. The van der Waals surface area contributed by atoms with Crippen LogP contribution in [0.3, 0.4) is 0 Å². The van der Waals surface area contributed by atoms with Crippen molar-refractivity contribution in [2.45, 2.75) is 13.0 Å². The summed E-state index contributed by atoms with van der Waals surface area (Å²) in [6.45, 7) is 1.66. The van der Waals surface area contributed by atoms with Crippen molar-refractivity contribution in [3.63, 3.8) is 0 Å². The first-order valence-electron chi connectivity index (χ1n) is 5.57. The van der Waals surface area contributed by atoms with Crippen molar-refractivity contribution < 1.29 is 14.7 Å². The van der Waals surface area contributed by atoms with Gasteiger partial charge in [0.05, 0.1) is 11.7 Å². The SMILES string of the molecule is CC(NC(=O)Nc1cccnc1C(=O)O)c1nn[nH]n1. The molecule has 10 heteroatoms.